The summed E-state index contributed by atoms with van der Waals surface area (Å²) in [6.07, 6.45) is 7.55. The molecule has 2 heterocycles. The Morgan fingerprint density at radius 1 is 1.12 bits per heavy atom. The number of aliphatic hydroxyl groups is 1. The van der Waals surface area contributed by atoms with E-state index in [0.29, 0.717) is 23.5 Å². The molecule has 0 saturated carbocycles. The lowest BCUT2D eigenvalue weighted by atomic mass is 10.0. The van der Waals surface area contributed by atoms with Crippen LogP contribution in [0.3, 0.4) is 0 Å². The summed E-state index contributed by atoms with van der Waals surface area (Å²) in [5.74, 6) is 0.0298. The topological polar surface area (TPSA) is 130 Å². The van der Waals surface area contributed by atoms with Crippen LogP contribution in [-0.2, 0) is 30.2 Å². The highest BCUT2D eigenvalue weighted by Crippen LogP contribution is 2.30. The van der Waals surface area contributed by atoms with Crippen molar-refractivity contribution in [2.24, 2.45) is 7.05 Å². The second-order valence-corrected chi connectivity index (χ2v) is 9.18. The fourth-order valence-electron chi connectivity index (χ4n) is 3.44. The minimum atomic E-state index is -3.74. The van der Waals surface area contributed by atoms with Crippen LogP contribution < -0.4 is 14.7 Å². The number of nitrogens with zero attached hydrogens (tertiary/aromatic N) is 3. The van der Waals surface area contributed by atoms with E-state index in [4.69, 9.17) is 14.7 Å². The van der Waals surface area contributed by atoms with E-state index < -0.39 is 15.9 Å². The summed E-state index contributed by atoms with van der Waals surface area (Å²) in [5.41, 5.74) is 8.61. The summed E-state index contributed by atoms with van der Waals surface area (Å²) in [5, 5.41) is 13.6. The number of pyridine rings is 1. The molecule has 9 nitrogen and oxygen atoms in total. The molecule has 3 N–H and O–H groups in total. The molecule has 1 aromatic carbocycles. The smallest absolute Gasteiger partial charge is 0.306 e. The molecule has 0 unspecified atom stereocenters. The van der Waals surface area contributed by atoms with Crippen molar-refractivity contribution in [1.29, 1.82) is 0 Å². The van der Waals surface area contributed by atoms with Gasteiger partial charge in [-0.3, -0.25) is 4.68 Å². The van der Waals surface area contributed by atoms with E-state index in [1.165, 1.54) is 18.2 Å². The lowest BCUT2D eigenvalue weighted by Gasteiger charge is -2.11. The van der Waals surface area contributed by atoms with Gasteiger partial charge >= 0.3 is 10.1 Å². The van der Waals surface area contributed by atoms with Crippen molar-refractivity contribution in [1.82, 2.24) is 14.8 Å². The second-order valence-electron chi connectivity index (χ2n) is 7.61. The number of rotatable bonds is 11. The monoisotopic (exact) mass is 478 g/mol. The summed E-state index contributed by atoms with van der Waals surface area (Å²) in [6.45, 7) is 0.167. The molecule has 3 rings (SSSR count). The van der Waals surface area contributed by atoms with E-state index in [1.54, 1.807) is 30.2 Å². The van der Waals surface area contributed by atoms with Crippen LogP contribution in [0.25, 0.3) is 11.3 Å². The number of aliphatic hydroxyl groups excluding tert-OH is 1. The van der Waals surface area contributed by atoms with Gasteiger partial charge in [-0.15, -0.1) is 0 Å². The first-order chi connectivity index (χ1) is 15.7. The third kappa shape index (κ3) is 6.65. The van der Waals surface area contributed by atoms with Gasteiger partial charge in [0.05, 0.1) is 31.4 Å². The van der Waals surface area contributed by atoms with E-state index in [1.807, 2.05) is 0 Å². The zero-order chi connectivity index (χ0) is 24.0. The number of halogens is 1. The molecule has 0 amide bonds. The molecule has 0 saturated heterocycles. The number of nitrogen functional groups attached to an aromatic ring is 1. The van der Waals surface area contributed by atoms with Crippen LogP contribution in [-0.4, -0.2) is 41.2 Å². The highest BCUT2D eigenvalue weighted by molar-refractivity contribution is 7.86. The zero-order valence-electron chi connectivity index (χ0n) is 18.5. The van der Waals surface area contributed by atoms with E-state index in [9.17, 15) is 17.9 Å². The lowest BCUT2D eigenvalue weighted by molar-refractivity contribution is 0.259. The Kier molecular flexibility index (Phi) is 7.88. The SMILES string of the molecule is Cn1ncc(CCCCCOc2ccc(F)cc2CO)c1-c1cnc(N)c(OS(C)(=O)=O)c1. The third-order valence-electron chi connectivity index (χ3n) is 4.95. The number of benzene rings is 1. The second kappa shape index (κ2) is 10.6. The van der Waals surface area contributed by atoms with E-state index in [2.05, 4.69) is 10.1 Å². The maximum atomic E-state index is 13.2. The molecule has 0 aliphatic carbocycles. The van der Waals surface area contributed by atoms with E-state index in [-0.39, 0.29) is 18.2 Å². The van der Waals surface area contributed by atoms with Crippen LogP contribution in [0.2, 0.25) is 0 Å². The normalized spacial score (nSPS) is 11.5. The van der Waals surface area contributed by atoms with Crippen LogP contribution in [0.5, 0.6) is 11.5 Å². The Morgan fingerprint density at radius 2 is 1.91 bits per heavy atom. The van der Waals surface area contributed by atoms with Crippen LogP contribution in [0, 0.1) is 5.82 Å². The Hall–Kier alpha value is -3.18. The largest absolute Gasteiger partial charge is 0.493 e. The molecule has 0 fully saturated rings. The standard InChI is InChI=1S/C22H27FN4O5S/c1-27-21(16-11-20(22(24)25-12-16)32-33(2,29)30)15(13-26-27)6-4-3-5-9-31-19-8-7-18(23)10-17(19)14-28/h7-8,10-13,28H,3-6,9,14H2,1-2H3,(H2,24,25). The minimum absolute atomic E-state index is 0.0154. The van der Waals surface area contributed by atoms with Crippen LogP contribution in [0.15, 0.2) is 36.7 Å². The van der Waals surface area contributed by atoms with Gasteiger partial charge in [0.25, 0.3) is 0 Å². The molecule has 3 aromatic rings. The van der Waals surface area contributed by atoms with Crippen LogP contribution in [0.4, 0.5) is 10.2 Å². The van der Waals surface area contributed by atoms with Gasteiger partial charge in [-0.05, 0) is 55.5 Å². The predicted molar refractivity (Wildman–Crippen MR) is 122 cm³/mol. The fraction of sp³-hybridized carbons (Fsp3) is 0.364. The Bertz CT molecular complexity index is 1210. The summed E-state index contributed by atoms with van der Waals surface area (Å²) >= 11 is 0. The number of nitrogens with two attached hydrogens (primary N) is 1. The average molecular weight is 479 g/mol. The first-order valence-corrected chi connectivity index (χ1v) is 12.2. The highest BCUT2D eigenvalue weighted by atomic mass is 32.2. The molecule has 33 heavy (non-hydrogen) atoms. The maximum absolute atomic E-state index is 13.2. The molecular weight excluding hydrogens is 451 g/mol. The number of hydrogen-bond acceptors (Lipinski definition) is 8. The van der Waals surface area contributed by atoms with Crippen molar-refractivity contribution >= 4 is 15.9 Å². The molecule has 178 valence electrons. The fourth-order valence-corrected chi connectivity index (χ4v) is 3.90. The molecule has 0 aliphatic rings. The van der Waals surface area contributed by atoms with Gasteiger partial charge < -0.3 is 19.8 Å². The first-order valence-electron chi connectivity index (χ1n) is 10.4. The van der Waals surface area contributed by atoms with Gasteiger partial charge in [0.2, 0.25) is 0 Å². The summed E-state index contributed by atoms with van der Waals surface area (Å²) < 4.78 is 48.5. The Labute approximate surface area is 192 Å². The third-order valence-corrected chi connectivity index (χ3v) is 5.43. The lowest BCUT2D eigenvalue weighted by Crippen LogP contribution is -2.09. The number of aryl methyl sites for hydroxylation is 2. The van der Waals surface area contributed by atoms with Gasteiger partial charge in [0.15, 0.2) is 11.6 Å². The first kappa shape index (κ1) is 24.5. The van der Waals surface area contributed by atoms with Crippen molar-refractivity contribution in [3.05, 3.63) is 53.6 Å². The van der Waals surface area contributed by atoms with Gasteiger partial charge in [-0.2, -0.15) is 13.5 Å². The van der Waals surface area contributed by atoms with E-state index in [0.717, 1.165) is 43.2 Å². The minimum Gasteiger partial charge on any atom is -0.493 e. The molecule has 0 spiro atoms. The van der Waals surface area contributed by atoms with E-state index >= 15 is 0 Å². The zero-order valence-corrected chi connectivity index (χ0v) is 19.3. The van der Waals surface area contributed by atoms with Crippen molar-refractivity contribution in [2.45, 2.75) is 32.3 Å². The van der Waals surface area contributed by atoms with Crippen molar-refractivity contribution in [3.8, 4) is 22.8 Å². The highest BCUT2D eigenvalue weighted by Gasteiger charge is 2.16. The Balaban J connectivity index is 1.58. The van der Waals surface area contributed by atoms with Gasteiger partial charge in [0.1, 0.15) is 11.6 Å². The molecular formula is C22H27FN4O5S. The van der Waals surface area contributed by atoms with Crippen LogP contribution in [0.1, 0.15) is 30.4 Å². The van der Waals surface area contributed by atoms with Crippen molar-refractivity contribution < 1.29 is 26.8 Å². The average Bonchev–Trinajstić information content (AvgIpc) is 3.12. The summed E-state index contributed by atoms with van der Waals surface area (Å²) in [4.78, 5) is 4.06. The van der Waals surface area contributed by atoms with Crippen molar-refractivity contribution in [3.63, 3.8) is 0 Å². The molecule has 2 aromatic heterocycles. The quantitative estimate of drug-likeness (QED) is 0.318. The molecule has 0 radical (unpaired) electrons. The van der Waals surface area contributed by atoms with Gasteiger partial charge in [0, 0.05) is 24.4 Å². The van der Waals surface area contributed by atoms with Gasteiger partial charge in [-0.1, -0.05) is 0 Å². The number of aromatic nitrogens is 3. The number of anilines is 1. The number of unbranched alkanes of at least 4 members (excludes halogenated alkanes) is 2. The van der Waals surface area contributed by atoms with Crippen LogP contribution >= 0.6 is 0 Å². The summed E-state index contributed by atoms with van der Waals surface area (Å²) in [6, 6.07) is 5.62. The number of hydrogen-bond donors (Lipinski definition) is 2. The van der Waals surface area contributed by atoms with Crippen molar-refractivity contribution in [2.75, 3.05) is 18.6 Å². The predicted octanol–water partition coefficient (Wildman–Crippen LogP) is 2.83. The van der Waals surface area contributed by atoms with Gasteiger partial charge in [-0.25, -0.2) is 9.37 Å². The molecule has 0 aliphatic heterocycles. The number of ether oxygens (including phenoxy) is 1. The molecule has 0 atom stereocenters. The maximum Gasteiger partial charge on any atom is 0.306 e. The molecule has 11 heteroatoms. The summed E-state index contributed by atoms with van der Waals surface area (Å²) in [7, 11) is -1.95. The molecule has 0 bridgehead atoms. The Morgan fingerprint density at radius 3 is 2.64 bits per heavy atom.